The number of ether oxygens (including phenoxy) is 1. The highest BCUT2D eigenvalue weighted by atomic mass is 31.2. The second-order valence-electron chi connectivity index (χ2n) is 5.90. The molecule has 2 N–H and O–H groups in total. The fraction of sp³-hybridized carbons (Fsp3) is 0.800. The Labute approximate surface area is 148 Å². The topological polar surface area (TPSA) is 116 Å². The molecule has 1 heterocycles. The predicted molar refractivity (Wildman–Crippen MR) is 93.4 cm³/mol. The number of methoxy groups -OCH3 is 1. The van der Waals surface area contributed by atoms with Gasteiger partial charge in [-0.05, 0) is 38.5 Å². The molecule has 1 amide bonds. The number of amides is 1. The van der Waals surface area contributed by atoms with Crippen molar-refractivity contribution in [1.29, 1.82) is 0 Å². The zero-order valence-electron chi connectivity index (χ0n) is 15.0. The van der Waals surface area contributed by atoms with Gasteiger partial charge in [0.1, 0.15) is 6.54 Å². The van der Waals surface area contributed by atoms with Gasteiger partial charge in [-0.25, -0.2) is 4.68 Å². The lowest BCUT2D eigenvalue weighted by molar-refractivity contribution is -0.121. The molecule has 1 atom stereocenters. The van der Waals surface area contributed by atoms with Crippen molar-refractivity contribution in [3.05, 3.63) is 11.9 Å². The third-order valence-electron chi connectivity index (χ3n) is 3.40. The summed E-state index contributed by atoms with van der Waals surface area (Å²) in [4.78, 5) is 20.8. The van der Waals surface area contributed by atoms with Gasteiger partial charge in [-0.15, -0.1) is 5.10 Å². The van der Waals surface area contributed by atoms with Crippen LogP contribution in [0.1, 0.15) is 37.8 Å². The van der Waals surface area contributed by atoms with Crippen molar-refractivity contribution in [2.45, 2.75) is 45.1 Å². The van der Waals surface area contributed by atoms with Crippen molar-refractivity contribution < 1.29 is 23.5 Å². The van der Waals surface area contributed by atoms with E-state index in [1.165, 1.54) is 11.3 Å². The third-order valence-corrected chi connectivity index (χ3v) is 4.06. The summed E-state index contributed by atoms with van der Waals surface area (Å²) < 4.78 is 22.2. The number of aromatic nitrogens is 3. The van der Waals surface area contributed by atoms with E-state index in [1.807, 2.05) is 0 Å². The lowest BCUT2D eigenvalue weighted by Gasteiger charge is -2.05. The number of rotatable bonds is 14. The SMILES string of the molecule is COCCCCCNC(=O)Cn1cc(CCCCOP(C)(=O)O)nn1. The number of hydrogen-bond donors (Lipinski definition) is 2. The van der Waals surface area contributed by atoms with E-state index < -0.39 is 7.60 Å². The molecule has 10 heteroatoms. The standard InChI is InChI=1S/C15H29N4O5P/c1-23-10-6-3-5-9-16-15(20)13-19-12-14(17-18-19)8-4-7-11-24-25(2,21)22/h12H,3-11,13H2,1-2H3,(H,16,20)(H,21,22). The summed E-state index contributed by atoms with van der Waals surface area (Å²) in [5.74, 6) is -0.0850. The summed E-state index contributed by atoms with van der Waals surface area (Å²) in [6.07, 6.45) is 6.81. The first-order valence-electron chi connectivity index (χ1n) is 8.50. The molecule has 1 rings (SSSR count). The zero-order chi connectivity index (χ0) is 18.5. The molecular weight excluding hydrogens is 347 g/mol. The monoisotopic (exact) mass is 376 g/mol. The molecule has 0 aliphatic heterocycles. The van der Waals surface area contributed by atoms with Crippen LogP contribution in [0.25, 0.3) is 0 Å². The fourth-order valence-corrected chi connectivity index (χ4v) is 2.62. The van der Waals surface area contributed by atoms with E-state index in [4.69, 9.17) is 14.2 Å². The van der Waals surface area contributed by atoms with Gasteiger partial charge in [-0.1, -0.05) is 5.21 Å². The van der Waals surface area contributed by atoms with Gasteiger partial charge in [0, 0.05) is 33.1 Å². The van der Waals surface area contributed by atoms with Crippen LogP contribution in [0.2, 0.25) is 0 Å². The quantitative estimate of drug-likeness (QED) is 0.372. The molecule has 0 fully saturated rings. The van der Waals surface area contributed by atoms with E-state index in [-0.39, 0.29) is 19.1 Å². The highest BCUT2D eigenvalue weighted by Crippen LogP contribution is 2.36. The van der Waals surface area contributed by atoms with Crippen LogP contribution in [-0.2, 0) is 31.6 Å². The lowest BCUT2D eigenvalue weighted by atomic mass is 10.2. The van der Waals surface area contributed by atoms with Crippen LogP contribution < -0.4 is 5.32 Å². The average Bonchev–Trinajstić information content (AvgIpc) is 2.96. The first-order chi connectivity index (χ1) is 11.9. The molecule has 0 bridgehead atoms. The summed E-state index contributed by atoms with van der Waals surface area (Å²) >= 11 is 0. The predicted octanol–water partition coefficient (Wildman–Crippen LogP) is 1.37. The maximum Gasteiger partial charge on any atom is 0.325 e. The van der Waals surface area contributed by atoms with Crippen LogP contribution in [0.15, 0.2) is 6.20 Å². The average molecular weight is 376 g/mol. The highest BCUT2D eigenvalue weighted by molar-refractivity contribution is 7.51. The molecule has 0 aliphatic carbocycles. The number of nitrogens with zero attached hydrogens (tertiary/aromatic N) is 3. The first-order valence-corrected chi connectivity index (χ1v) is 10.5. The maximum atomic E-state index is 11.8. The fourth-order valence-electron chi connectivity index (χ4n) is 2.15. The van der Waals surface area contributed by atoms with Crippen LogP contribution in [-0.4, -0.2) is 59.3 Å². The molecule has 9 nitrogen and oxygen atoms in total. The molecule has 0 saturated heterocycles. The van der Waals surface area contributed by atoms with Crippen molar-refractivity contribution in [3.8, 4) is 0 Å². The van der Waals surface area contributed by atoms with Crippen molar-refractivity contribution >= 4 is 13.5 Å². The zero-order valence-corrected chi connectivity index (χ0v) is 15.9. The van der Waals surface area contributed by atoms with Crippen molar-refractivity contribution in [2.75, 3.05) is 33.5 Å². The molecule has 1 aromatic rings. The molecule has 25 heavy (non-hydrogen) atoms. The summed E-state index contributed by atoms with van der Waals surface area (Å²) in [6, 6.07) is 0. The number of aryl methyl sites for hydroxylation is 1. The Hall–Kier alpha value is -1.28. The Morgan fingerprint density at radius 3 is 2.76 bits per heavy atom. The second kappa shape index (κ2) is 12.1. The van der Waals surface area contributed by atoms with Crippen molar-refractivity contribution in [2.24, 2.45) is 0 Å². The number of carbonyl (C=O) groups excluding carboxylic acids is 1. The van der Waals surface area contributed by atoms with Gasteiger partial charge in [0.25, 0.3) is 0 Å². The van der Waals surface area contributed by atoms with Crippen LogP contribution >= 0.6 is 7.60 Å². The molecule has 1 unspecified atom stereocenters. The molecule has 1 aromatic heterocycles. The molecule has 0 aliphatic rings. The molecule has 0 radical (unpaired) electrons. The maximum absolute atomic E-state index is 11.8. The Balaban J connectivity index is 2.13. The Kier molecular flexibility index (Phi) is 10.6. The summed E-state index contributed by atoms with van der Waals surface area (Å²) in [5, 5.41) is 10.8. The van der Waals surface area contributed by atoms with Gasteiger partial charge >= 0.3 is 7.60 Å². The normalized spacial score (nSPS) is 13.6. The van der Waals surface area contributed by atoms with E-state index in [2.05, 4.69) is 15.6 Å². The van der Waals surface area contributed by atoms with E-state index in [9.17, 15) is 9.36 Å². The molecule has 0 aromatic carbocycles. The Morgan fingerprint density at radius 1 is 1.28 bits per heavy atom. The molecule has 144 valence electrons. The van der Waals surface area contributed by atoms with Crippen molar-refractivity contribution in [3.63, 3.8) is 0 Å². The number of carbonyl (C=O) groups is 1. The van der Waals surface area contributed by atoms with E-state index in [0.717, 1.165) is 38.0 Å². The first kappa shape index (κ1) is 21.8. The van der Waals surface area contributed by atoms with Crippen LogP contribution in [0, 0.1) is 0 Å². The van der Waals surface area contributed by atoms with Gasteiger partial charge in [0.15, 0.2) is 0 Å². The summed E-state index contributed by atoms with van der Waals surface area (Å²) in [6.45, 7) is 2.96. The second-order valence-corrected chi connectivity index (χ2v) is 7.77. The molecule has 0 spiro atoms. The minimum Gasteiger partial charge on any atom is -0.385 e. The van der Waals surface area contributed by atoms with Gasteiger partial charge in [-0.2, -0.15) is 0 Å². The minimum absolute atomic E-state index is 0.0850. The van der Waals surface area contributed by atoms with Gasteiger partial charge in [0.05, 0.1) is 12.3 Å². The van der Waals surface area contributed by atoms with Crippen molar-refractivity contribution in [1.82, 2.24) is 20.3 Å². The van der Waals surface area contributed by atoms with Gasteiger partial charge in [-0.3, -0.25) is 9.36 Å². The third kappa shape index (κ3) is 11.8. The Bertz CT molecular complexity index is 546. The number of hydrogen-bond acceptors (Lipinski definition) is 6. The minimum atomic E-state index is -3.39. The van der Waals surface area contributed by atoms with Gasteiger partial charge in [0.2, 0.25) is 5.91 Å². The van der Waals surface area contributed by atoms with Gasteiger partial charge < -0.3 is 19.5 Å². The Morgan fingerprint density at radius 2 is 2.04 bits per heavy atom. The highest BCUT2D eigenvalue weighted by Gasteiger charge is 2.09. The van der Waals surface area contributed by atoms with E-state index in [1.54, 1.807) is 13.3 Å². The number of unbranched alkanes of at least 4 members (excludes halogenated alkanes) is 3. The summed E-state index contributed by atoms with van der Waals surface area (Å²) in [7, 11) is -1.71. The van der Waals surface area contributed by atoms with Crippen LogP contribution in [0.5, 0.6) is 0 Å². The molecular formula is C15H29N4O5P. The molecule has 0 saturated carbocycles. The number of nitrogens with one attached hydrogen (secondary N) is 1. The largest absolute Gasteiger partial charge is 0.385 e. The van der Waals surface area contributed by atoms with Crippen LogP contribution in [0.3, 0.4) is 0 Å². The van der Waals surface area contributed by atoms with Crippen LogP contribution in [0.4, 0.5) is 0 Å². The van der Waals surface area contributed by atoms with E-state index in [0.29, 0.717) is 19.4 Å². The summed E-state index contributed by atoms with van der Waals surface area (Å²) in [5.41, 5.74) is 0.788. The smallest absolute Gasteiger partial charge is 0.325 e. The lowest BCUT2D eigenvalue weighted by Crippen LogP contribution is -2.28. The van der Waals surface area contributed by atoms with E-state index >= 15 is 0 Å².